The molecule has 0 unspecified atom stereocenters. The molecule has 9 nitrogen and oxygen atoms in total. The number of aryl methyl sites for hydroxylation is 1. The number of nitrogens with zero attached hydrogens (tertiary/aromatic N) is 3. The molecule has 174 valence electrons. The lowest BCUT2D eigenvalue weighted by molar-refractivity contribution is -0.122. The number of aromatic nitrogens is 3. The fraction of sp³-hybridized carbons (Fsp3) is 0.200. The molecule has 0 aliphatic heterocycles. The van der Waals surface area contributed by atoms with E-state index in [1.165, 1.54) is 10.6 Å². The van der Waals surface area contributed by atoms with Crippen LogP contribution in [-0.4, -0.2) is 33.1 Å². The van der Waals surface area contributed by atoms with Gasteiger partial charge in [0, 0.05) is 19.3 Å². The van der Waals surface area contributed by atoms with Crippen molar-refractivity contribution in [3.63, 3.8) is 0 Å². The van der Waals surface area contributed by atoms with Crippen LogP contribution in [0.2, 0.25) is 0 Å². The maximum Gasteiger partial charge on any atom is 0.350 e. The summed E-state index contributed by atoms with van der Waals surface area (Å²) < 4.78 is 7.45. The zero-order valence-corrected chi connectivity index (χ0v) is 18.9. The van der Waals surface area contributed by atoms with Gasteiger partial charge in [0.1, 0.15) is 12.3 Å². The molecule has 0 saturated carbocycles. The number of hydrogen-bond acceptors (Lipinski definition) is 5. The Morgan fingerprint density at radius 2 is 1.56 bits per heavy atom. The van der Waals surface area contributed by atoms with Gasteiger partial charge in [-0.1, -0.05) is 42.0 Å². The van der Waals surface area contributed by atoms with Crippen LogP contribution in [0.5, 0.6) is 5.75 Å². The van der Waals surface area contributed by atoms with E-state index in [1.54, 1.807) is 19.2 Å². The molecule has 2 N–H and O–H groups in total. The van der Waals surface area contributed by atoms with Crippen LogP contribution in [0.4, 0.5) is 0 Å². The molecule has 9 heteroatoms. The SMILES string of the molecule is COc1ccc(CNC(=O)Cn2nc3ccc(C(=O)NCc4ccc(C)cc4)cn3c2=O)cc1. The molecular formula is C25H25N5O4. The summed E-state index contributed by atoms with van der Waals surface area (Å²) in [7, 11) is 1.59. The Balaban J connectivity index is 1.39. The number of carbonyl (C=O) groups is 2. The van der Waals surface area contributed by atoms with Crippen molar-refractivity contribution in [3.8, 4) is 5.75 Å². The number of methoxy groups -OCH3 is 1. The molecule has 0 aliphatic carbocycles. The van der Waals surface area contributed by atoms with E-state index in [9.17, 15) is 14.4 Å². The lowest BCUT2D eigenvalue weighted by Crippen LogP contribution is -2.32. The van der Waals surface area contributed by atoms with Gasteiger partial charge in [-0.2, -0.15) is 0 Å². The molecule has 4 aromatic rings. The molecule has 34 heavy (non-hydrogen) atoms. The lowest BCUT2D eigenvalue weighted by Gasteiger charge is -2.06. The highest BCUT2D eigenvalue weighted by Gasteiger charge is 2.13. The second-order valence-corrected chi connectivity index (χ2v) is 7.88. The number of benzene rings is 2. The van der Waals surface area contributed by atoms with E-state index < -0.39 is 5.69 Å². The highest BCUT2D eigenvalue weighted by molar-refractivity contribution is 5.94. The minimum atomic E-state index is -0.497. The minimum absolute atomic E-state index is 0.231. The van der Waals surface area contributed by atoms with Gasteiger partial charge in [0.05, 0.1) is 12.7 Å². The van der Waals surface area contributed by atoms with Crippen molar-refractivity contribution in [3.05, 3.63) is 99.6 Å². The second kappa shape index (κ2) is 10.0. The Bertz CT molecular complexity index is 1370. The average Bonchev–Trinajstić information content (AvgIpc) is 3.16. The zero-order chi connectivity index (χ0) is 24.1. The molecule has 0 atom stereocenters. The first-order chi connectivity index (χ1) is 16.4. The molecule has 2 heterocycles. The predicted molar refractivity (Wildman–Crippen MR) is 127 cm³/mol. The smallest absolute Gasteiger partial charge is 0.350 e. The third kappa shape index (κ3) is 5.32. The van der Waals surface area contributed by atoms with Crippen LogP contribution in [0.1, 0.15) is 27.0 Å². The average molecular weight is 460 g/mol. The van der Waals surface area contributed by atoms with Gasteiger partial charge in [-0.25, -0.2) is 13.9 Å². The van der Waals surface area contributed by atoms with E-state index in [0.29, 0.717) is 24.3 Å². The third-order valence-electron chi connectivity index (χ3n) is 5.35. The van der Waals surface area contributed by atoms with Gasteiger partial charge in [-0.3, -0.25) is 9.59 Å². The monoisotopic (exact) mass is 459 g/mol. The molecule has 0 fully saturated rings. The van der Waals surface area contributed by atoms with Crippen LogP contribution in [-0.2, 0) is 24.4 Å². The fourth-order valence-corrected chi connectivity index (χ4v) is 3.38. The number of carbonyl (C=O) groups excluding carboxylic acids is 2. The Morgan fingerprint density at radius 1 is 0.912 bits per heavy atom. The Hall–Kier alpha value is -4.40. The van der Waals surface area contributed by atoms with Crippen molar-refractivity contribution < 1.29 is 14.3 Å². The van der Waals surface area contributed by atoms with Crippen molar-refractivity contribution in [2.45, 2.75) is 26.6 Å². The highest BCUT2D eigenvalue weighted by Crippen LogP contribution is 2.11. The Morgan fingerprint density at radius 3 is 2.24 bits per heavy atom. The molecule has 2 aromatic heterocycles. The van der Waals surface area contributed by atoms with Crippen molar-refractivity contribution in [1.82, 2.24) is 24.8 Å². The molecule has 0 radical (unpaired) electrons. The summed E-state index contributed by atoms with van der Waals surface area (Å²) >= 11 is 0. The quantitative estimate of drug-likeness (QED) is 0.420. The number of fused-ring (bicyclic) bond motifs is 1. The van der Waals surface area contributed by atoms with E-state index in [4.69, 9.17) is 4.74 Å². The molecule has 0 saturated heterocycles. The number of hydrogen-bond donors (Lipinski definition) is 2. The van der Waals surface area contributed by atoms with Gasteiger partial charge in [0.2, 0.25) is 5.91 Å². The van der Waals surface area contributed by atoms with Crippen molar-refractivity contribution in [2.75, 3.05) is 7.11 Å². The normalized spacial score (nSPS) is 10.8. The summed E-state index contributed by atoms with van der Waals surface area (Å²) in [5, 5.41) is 9.80. The second-order valence-electron chi connectivity index (χ2n) is 7.88. The lowest BCUT2D eigenvalue weighted by atomic mass is 10.1. The van der Waals surface area contributed by atoms with Crippen molar-refractivity contribution in [1.29, 1.82) is 0 Å². The largest absolute Gasteiger partial charge is 0.497 e. The van der Waals surface area contributed by atoms with Gasteiger partial charge >= 0.3 is 5.69 Å². The molecular weight excluding hydrogens is 434 g/mol. The van der Waals surface area contributed by atoms with Gasteiger partial charge in [-0.05, 0) is 42.3 Å². The molecule has 4 rings (SSSR count). The summed E-state index contributed by atoms with van der Waals surface area (Å²) in [6.45, 7) is 2.46. The first kappa shape index (κ1) is 22.8. The summed E-state index contributed by atoms with van der Waals surface area (Å²) in [4.78, 5) is 37.6. The van der Waals surface area contributed by atoms with E-state index >= 15 is 0 Å². The Kier molecular flexibility index (Phi) is 6.72. The first-order valence-electron chi connectivity index (χ1n) is 10.8. The highest BCUT2D eigenvalue weighted by atomic mass is 16.5. The van der Waals surface area contributed by atoms with E-state index in [0.717, 1.165) is 27.1 Å². The van der Waals surface area contributed by atoms with Gasteiger partial charge in [0.25, 0.3) is 5.91 Å². The summed E-state index contributed by atoms with van der Waals surface area (Å²) in [6.07, 6.45) is 1.43. The van der Waals surface area contributed by atoms with Crippen LogP contribution in [0.25, 0.3) is 5.65 Å². The summed E-state index contributed by atoms with van der Waals surface area (Å²) in [5.41, 5.74) is 3.20. The number of ether oxygens (including phenoxy) is 1. The predicted octanol–water partition coefficient (Wildman–Crippen LogP) is 2.06. The van der Waals surface area contributed by atoms with Crippen LogP contribution in [0.15, 0.2) is 71.7 Å². The summed E-state index contributed by atoms with van der Waals surface area (Å²) in [5.74, 6) is 0.0753. The standard InChI is InChI=1S/C25H25N5O4/c1-17-3-5-18(6-4-17)14-27-24(32)20-9-12-22-28-30(25(33)29(22)15-20)16-23(31)26-13-19-7-10-21(34-2)11-8-19/h3-12,15H,13-14,16H2,1-2H3,(H,26,31)(H,27,32). The van der Waals surface area contributed by atoms with E-state index in [-0.39, 0.29) is 18.4 Å². The van der Waals surface area contributed by atoms with Crippen LogP contribution in [0.3, 0.4) is 0 Å². The zero-order valence-electron chi connectivity index (χ0n) is 18.9. The van der Waals surface area contributed by atoms with E-state index in [1.807, 2.05) is 55.5 Å². The first-order valence-corrected chi connectivity index (χ1v) is 10.8. The molecule has 0 spiro atoms. The molecule has 2 amide bonds. The van der Waals surface area contributed by atoms with Crippen LogP contribution >= 0.6 is 0 Å². The minimum Gasteiger partial charge on any atom is -0.497 e. The molecule has 0 bridgehead atoms. The van der Waals surface area contributed by atoms with Gasteiger partial charge < -0.3 is 15.4 Å². The van der Waals surface area contributed by atoms with Crippen LogP contribution < -0.4 is 21.1 Å². The number of rotatable bonds is 8. The third-order valence-corrected chi connectivity index (χ3v) is 5.35. The topological polar surface area (TPSA) is 107 Å². The van der Waals surface area contributed by atoms with Crippen molar-refractivity contribution >= 4 is 17.5 Å². The van der Waals surface area contributed by atoms with Crippen molar-refractivity contribution in [2.24, 2.45) is 0 Å². The summed E-state index contributed by atoms with van der Waals surface area (Å²) in [6, 6.07) is 18.4. The number of amides is 2. The van der Waals surface area contributed by atoms with Crippen LogP contribution in [0, 0.1) is 6.92 Å². The number of nitrogens with one attached hydrogen (secondary N) is 2. The molecule has 2 aromatic carbocycles. The Labute approximate surface area is 196 Å². The fourth-order valence-electron chi connectivity index (χ4n) is 3.38. The van der Waals surface area contributed by atoms with E-state index in [2.05, 4.69) is 15.7 Å². The maximum absolute atomic E-state index is 12.7. The maximum atomic E-state index is 12.7. The van der Waals surface area contributed by atoms with Gasteiger partial charge in [0.15, 0.2) is 5.65 Å². The van der Waals surface area contributed by atoms with Gasteiger partial charge in [-0.15, -0.1) is 5.10 Å². The molecule has 0 aliphatic rings. The number of pyridine rings is 1.